The predicted octanol–water partition coefficient (Wildman–Crippen LogP) is 1.21. The molecule has 7 heteroatoms. The van der Waals surface area contributed by atoms with Crippen molar-refractivity contribution in [3.05, 3.63) is 29.6 Å². The van der Waals surface area contributed by atoms with Crippen molar-refractivity contribution in [3.63, 3.8) is 0 Å². The molecule has 1 rings (SSSR count). The van der Waals surface area contributed by atoms with Gasteiger partial charge in [-0.2, -0.15) is 13.2 Å². The van der Waals surface area contributed by atoms with E-state index in [9.17, 15) is 18.0 Å². The van der Waals surface area contributed by atoms with Gasteiger partial charge in [0.25, 0.3) is 5.91 Å². The Morgan fingerprint density at radius 2 is 2.12 bits per heavy atom. The summed E-state index contributed by atoms with van der Waals surface area (Å²) in [5, 5.41) is 10.9. The van der Waals surface area contributed by atoms with Gasteiger partial charge in [-0.1, -0.05) is 0 Å². The Kier molecular flexibility index (Phi) is 4.45. The molecule has 0 aromatic carbocycles. The lowest BCUT2D eigenvalue weighted by Crippen LogP contribution is -2.26. The molecule has 1 heterocycles. The fraction of sp³-hybridized carbons (Fsp3) is 0.400. The highest BCUT2D eigenvalue weighted by Crippen LogP contribution is 2.28. The van der Waals surface area contributed by atoms with Crippen molar-refractivity contribution >= 4 is 5.91 Å². The van der Waals surface area contributed by atoms with Crippen molar-refractivity contribution in [3.8, 4) is 0 Å². The van der Waals surface area contributed by atoms with Crippen molar-refractivity contribution in [1.82, 2.24) is 10.3 Å². The van der Waals surface area contributed by atoms with Crippen LogP contribution in [-0.2, 0) is 6.18 Å². The van der Waals surface area contributed by atoms with E-state index < -0.39 is 17.6 Å². The van der Waals surface area contributed by atoms with Crippen LogP contribution in [0.25, 0.3) is 0 Å². The molecule has 4 nitrogen and oxygen atoms in total. The van der Waals surface area contributed by atoms with Crippen LogP contribution in [0, 0.1) is 0 Å². The number of carbonyl (C=O) groups is 1. The second-order valence-corrected chi connectivity index (χ2v) is 3.26. The second kappa shape index (κ2) is 5.62. The minimum absolute atomic E-state index is 0.0687. The summed E-state index contributed by atoms with van der Waals surface area (Å²) >= 11 is 0. The number of aromatic nitrogens is 1. The summed E-state index contributed by atoms with van der Waals surface area (Å²) in [5.74, 6) is -0.563. The third kappa shape index (κ3) is 4.03. The van der Waals surface area contributed by atoms with Crippen LogP contribution in [-0.4, -0.2) is 29.1 Å². The first-order chi connectivity index (χ1) is 7.95. The molecule has 0 aliphatic rings. The number of amides is 1. The molecule has 94 valence electrons. The molecule has 0 unspecified atom stereocenters. The SMILES string of the molecule is O=C(NCCCO)c1ccc(C(F)(F)F)cn1. The molecular formula is C10H11F3N2O2. The number of nitrogens with zero attached hydrogens (tertiary/aromatic N) is 1. The van der Waals surface area contributed by atoms with E-state index in [0.29, 0.717) is 12.6 Å². The van der Waals surface area contributed by atoms with Gasteiger partial charge in [0, 0.05) is 19.3 Å². The van der Waals surface area contributed by atoms with Gasteiger partial charge in [0.2, 0.25) is 0 Å². The van der Waals surface area contributed by atoms with Gasteiger partial charge in [-0.3, -0.25) is 9.78 Å². The molecule has 17 heavy (non-hydrogen) atoms. The Morgan fingerprint density at radius 3 is 2.59 bits per heavy atom. The predicted molar refractivity (Wildman–Crippen MR) is 53.3 cm³/mol. The molecule has 2 N–H and O–H groups in total. The van der Waals surface area contributed by atoms with Gasteiger partial charge < -0.3 is 10.4 Å². The maximum atomic E-state index is 12.2. The number of nitrogens with one attached hydrogen (secondary N) is 1. The van der Waals surface area contributed by atoms with Crippen LogP contribution in [0.15, 0.2) is 18.3 Å². The van der Waals surface area contributed by atoms with Gasteiger partial charge in [0.05, 0.1) is 5.56 Å². The molecule has 0 saturated heterocycles. The molecule has 0 atom stereocenters. The van der Waals surface area contributed by atoms with Crippen LogP contribution in [0.2, 0.25) is 0 Å². The van der Waals surface area contributed by atoms with Crippen molar-refractivity contribution < 1.29 is 23.1 Å². The Labute approximate surface area is 95.5 Å². The van der Waals surface area contributed by atoms with Crippen LogP contribution in [0.1, 0.15) is 22.5 Å². The smallest absolute Gasteiger partial charge is 0.396 e. The highest BCUT2D eigenvalue weighted by molar-refractivity contribution is 5.92. The zero-order valence-electron chi connectivity index (χ0n) is 8.79. The molecule has 0 saturated carbocycles. The minimum Gasteiger partial charge on any atom is -0.396 e. The van der Waals surface area contributed by atoms with Crippen LogP contribution in [0.3, 0.4) is 0 Å². The quantitative estimate of drug-likeness (QED) is 0.787. The molecule has 1 aromatic rings. The van der Waals surface area contributed by atoms with Crippen LogP contribution < -0.4 is 5.32 Å². The Balaban J connectivity index is 2.64. The van der Waals surface area contributed by atoms with Gasteiger partial charge in [-0.15, -0.1) is 0 Å². The second-order valence-electron chi connectivity index (χ2n) is 3.26. The molecule has 0 fully saturated rings. The van der Waals surface area contributed by atoms with Crippen LogP contribution in [0.5, 0.6) is 0 Å². The molecular weight excluding hydrogens is 237 g/mol. The monoisotopic (exact) mass is 248 g/mol. The molecule has 0 bridgehead atoms. The van der Waals surface area contributed by atoms with E-state index in [4.69, 9.17) is 5.11 Å². The van der Waals surface area contributed by atoms with Gasteiger partial charge in [-0.25, -0.2) is 0 Å². The number of aliphatic hydroxyl groups is 1. The number of aliphatic hydroxyl groups excluding tert-OH is 1. The average molecular weight is 248 g/mol. The maximum Gasteiger partial charge on any atom is 0.417 e. The van der Waals surface area contributed by atoms with E-state index >= 15 is 0 Å². The molecule has 1 aromatic heterocycles. The third-order valence-electron chi connectivity index (χ3n) is 1.94. The summed E-state index contributed by atoms with van der Waals surface area (Å²) in [6.45, 7) is 0.179. The highest BCUT2D eigenvalue weighted by atomic mass is 19.4. The zero-order valence-corrected chi connectivity index (χ0v) is 8.79. The summed E-state index contributed by atoms with van der Waals surface area (Å²) in [6.07, 6.45) is -3.47. The van der Waals surface area contributed by atoms with E-state index in [0.717, 1.165) is 12.1 Å². The number of hydrogen-bond donors (Lipinski definition) is 2. The first-order valence-corrected chi connectivity index (χ1v) is 4.87. The molecule has 0 spiro atoms. The fourth-order valence-electron chi connectivity index (χ4n) is 1.07. The summed E-state index contributed by atoms with van der Waals surface area (Å²) in [5.41, 5.74) is -0.986. The highest BCUT2D eigenvalue weighted by Gasteiger charge is 2.30. The summed E-state index contributed by atoms with van der Waals surface area (Å²) < 4.78 is 36.6. The van der Waals surface area contributed by atoms with Crippen molar-refractivity contribution in [2.24, 2.45) is 0 Å². The van der Waals surface area contributed by atoms with Gasteiger partial charge >= 0.3 is 6.18 Å². The van der Waals surface area contributed by atoms with E-state index in [1.54, 1.807) is 0 Å². The Bertz CT molecular complexity index is 376. The van der Waals surface area contributed by atoms with E-state index in [-0.39, 0.29) is 18.8 Å². The molecule has 1 amide bonds. The van der Waals surface area contributed by atoms with Crippen LogP contribution in [0.4, 0.5) is 13.2 Å². The topological polar surface area (TPSA) is 62.2 Å². The van der Waals surface area contributed by atoms with Gasteiger partial charge in [-0.05, 0) is 18.6 Å². The number of carbonyl (C=O) groups excluding carboxylic acids is 1. The maximum absolute atomic E-state index is 12.2. The lowest BCUT2D eigenvalue weighted by molar-refractivity contribution is -0.137. The number of alkyl halides is 3. The standard InChI is InChI=1S/C10H11F3N2O2/c11-10(12,13)7-2-3-8(15-6-7)9(17)14-4-1-5-16/h2-3,6,16H,1,4-5H2,(H,14,17). The van der Waals surface area contributed by atoms with Crippen molar-refractivity contribution in [1.29, 1.82) is 0 Å². The first-order valence-electron chi connectivity index (χ1n) is 4.87. The Morgan fingerprint density at radius 1 is 1.41 bits per heavy atom. The van der Waals surface area contributed by atoms with Crippen molar-refractivity contribution in [2.75, 3.05) is 13.2 Å². The summed E-state index contributed by atoms with van der Waals surface area (Å²) in [6, 6.07) is 1.81. The fourth-order valence-corrected chi connectivity index (χ4v) is 1.07. The number of pyridine rings is 1. The lowest BCUT2D eigenvalue weighted by Gasteiger charge is -2.07. The molecule has 0 radical (unpaired) electrons. The van der Waals surface area contributed by atoms with E-state index in [1.807, 2.05) is 0 Å². The zero-order chi connectivity index (χ0) is 12.9. The molecule has 0 aliphatic carbocycles. The van der Waals surface area contributed by atoms with E-state index in [1.165, 1.54) is 0 Å². The van der Waals surface area contributed by atoms with Gasteiger partial charge in [0.15, 0.2) is 0 Å². The number of hydrogen-bond acceptors (Lipinski definition) is 3. The minimum atomic E-state index is -4.46. The lowest BCUT2D eigenvalue weighted by atomic mass is 10.2. The number of halogens is 3. The first kappa shape index (κ1) is 13.4. The van der Waals surface area contributed by atoms with Crippen LogP contribution >= 0.6 is 0 Å². The number of rotatable bonds is 4. The third-order valence-corrected chi connectivity index (χ3v) is 1.94. The average Bonchev–Trinajstić information content (AvgIpc) is 2.28. The van der Waals surface area contributed by atoms with Crippen molar-refractivity contribution in [2.45, 2.75) is 12.6 Å². The Hall–Kier alpha value is -1.63. The van der Waals surface area contributed by atoms with E-state index in [2.05, 4.69) is 10.3 Å². The molecule has 0 aliphatic heterocycles. The van der Waals surface area contributed by atoms with Gasteiger partial charge in [0.1, 0.15) is 5.69 Å². The summed E-state index contributed by atoms with van der Waals surface area (Å²) in [7, 11) is 0. The summed E-state index contributed by atoms with van der Waals surface area (Å²) in [4.78, 5) is 14.8. The largest absolute Gasteiger partial charge is 0.417 e. The normalized spacial score (nSPS) is 11.3.